The summed E-state index contributed by atoms with van der Waals surface area (Å²) in [6.45, 7) is -0.0525. The van der Waals surface area contributed by atoms with E-state index in [0.717, 1.165) is 23.3 Å². The summed E-state index contributed by atoms with van der Waals surface area (Å²) in [5.74, 6) is -1.49. The number of rotatable bonds is 1. The molecule has 0 aliphatic carbocycles. The van der Waals surface area contributed by atoms with E-state index >= 15 is 0 Å². The number of amides is 2. The van der Waals surface area contributed by atoms with Crippen LogP contribution < -0.4 is 15.8 Å². The van der Waals surface area contributed by atoms with Crippen LogP contribution in [0.4, 0.5) is 25.0 Å². The number of nitriles is 1. The summed E-state index contributed by atoms with van der Waals surface area (Å²) in [4.78, 5) is 15.4. The molecule has 0 spiro atoms. The highest BCUT2D eigenvalue weighted by Gasteiger charge is 2.36. The molecule has 9 heteroatoms. The van der Waals surface area contributed by atoms with E-state index in [4.69, 9.17) is 17.3 Å². The van der Waals surface area contributed by atoms with E-state index in [1.807, 2.05) is 0 Å². The molecule has 115 valence electrons. The van der Waals surface area contributed by atoms with Gasteiger partial charge in [-0.05, 0) is 12.1 Å². The van der Waals surface area contributed by atoms with Crippen LogP contribution in [0.25, 0.3) is 0 Å². The number of hydrogen-bond acceptors (Lipinski definition) is 4. The van der Waals surface area contributed by atoms with Crippen LogP contribution in [-0.2, 0) is 6.54 Å². The number of carbonyl (C=O) groups excluding carboxylic acids is 1. The molecule has 1 aliphatic rings. The van der Waals surface area contributed by atoms with Gasteiger partial charge >= 0.3 is 6.03 Å². The van der Waals surface area contributed by atoms with E-state index in [0.29, 0.717) is 0 Å². The largest absolute Gasteiger partial charge is 0.350 e. The summed E-state index contributed by atoms with van der Waals surface area (Å²) in [7, 11) is 0. The first kappa shape index (κ1) is 15.0. The minimum atomic E-state index is -0.994. The van der Waals surface area contributed by atoms with Gasteiger partial charge in [0.1, 0.15) is 17.6 Å². The van der Waals surface area contributed by atoms with Crippen molar-refractivity contribution in [3.8, 4) is 6.07 Å². The summed E-state index contributed by atoms with van der Waals surface area (Å²) < 4.78 is 27.5. The van der Waals surface area contributed by atoms with E-state index in [-0.39, 0.29) is 34.1 Å². The SMILES string of the molecule is N#Cc1cc(F)cc(Cl)c1N1Cc2[c]ncc(F)c2N1C(N)=O. The van der Waals surface area contributed by atoms with E-state index in [9.17, 15) is 18.8 Å². The first-order valence-electron chi connectivity index (χ1n) is 6.25. The van der Waals surface area contributed by atoms with Crippen molar-refractivity contribution in [2.24, 2.45) is 5.73 Å². The number of benzene rings is 1. The molecule has 1 aromatic heterocycles. The molecule has 0 saturated heterocycles. The first-order valence-corrected chi connectivity index (χ1v) is 6.63. The highest BCUT2D eigenvalue weighted by Crippen LogP contribution is 2.40. The zero-order valence-electron chi connectivity index (χ0n) is 11.3. The number of primary amides is 1. The topological polar surface area (TPSA) is 86.2 Å². The van der Waals surface area contributed by atoms with Crippen LogP contribution in [0, 0.1) is 29.2 Å². The van der Waals surface area contributed by atoms with Gasteiger partial charge < -0.3 is 5.73 Å². The number of hydrazine groups is 1. The number of pyridine rings is 1. The monoisotopic (exact) mass is 334 g/mol. The molecule has 1 aromatic carbocycles. The lowest BCUT2D eigenvalue weighted by Crippen LogP contribution is -2.46. The van der Waals surface area contributed by atoms with Crippen molar-refractivity contribution in [3.63, 3.8) is 0 Å². The molecule has 2 heterocycles. The van der Waals surface area contributed by atoms with E-state index in [1.165, 1.54) is 5.01 Å². The molecule has 2 aromatic rings. The number of fused-ring (bicyclic) bond motifs is 1. The van der Waals surface area contributed by atoms with Gasteiger partial charge in [0.25, 0.3) is 0 Å². The number of hydrogen-bond donors (Lipinski definition) is 1. The predicted octanol–water partition coefficient (Wildman–Crippen LogP) is 2.51. The Morgan fingerprint density at radius 3 is 2.83 bits per heavy atom. The van der Waals surface area contributed by atoms with Gasteiger partial charge in [-0.2, -0.15) is 10.3 Å². The maximum atomic E-state index is 14.0. The predicted molar refractivity (Wildman–Crippen MR) is 77.4 cm³/mol. The van der Waals surface area contributed by atoms with Crippen LogP contribution in [-0.4, -0.2) is 11.0 Å². The molecule has 0 bridgehead atoms. The van der Waals surface area contributed by atoms with Crippen LogP contribution in [0.1, 0.15) is 11.1 Å². The zero-order valence-corrected chi connectivity index (χ0v) is 12.1. The Morgan fingerprint density at radius 1 is 1.43 bits per heavy atom. The summed E-state index contributed by atoms with van der Waals surface area (Å²) in [6, 6.07) is 2.74. The van der Waals surface area contributed by atoms with Crippen LogP contribution in [0.15, 0.2) is 18.3 Å². The molecular weight excluding hydrogens is 328 g/mol. The van der Waals surface area contributed by atoms with Crippen LogP contribution in [0.3, 0.4) is 0 Å². The van der Waals surface area contributed by atoms with Crippen molar-refractivity contribution in [2.75, 3.05) is 10.0 Å². The molecule has 1 radical (unpaired) electrons. The van der Waals surface area contributed by atoms with Gasteiger partial charge in [0.2, 0.25) is 0 Å². The quantitative estimate of drug-likeness (QED) is 0.868. The molecule has 2 N–H and O–H groups in total. The first-order chi connectivity index (χ1) is 10.9. The molecule has 1 aliphatic heterocycles. The molecule has 2 amide bonds. The zero-order chi connectivity index (χ0) is 16.7. The third-order valence-corrected chi connectivity index (χ3v) is 3.55. The van der Waals surface area contributed by atoms with Crippen LogP contribution in [0.5, 0.6) is 0 Å². The Bertz CT molecular complexity index is 867. The lowest BCUT2D eigenvalue weighted by molar-refractivity contribution is 0.253. The van der Waals surface area contributed by atoms with Gasteiger partial charge in [-0.15, -0.1) is 0 Å². The summed E-state index contributed by atoms with van der Waals surface area (Å²) >= 11 is 6.02. The van der Waals surface area contributed by atoms with Gasteiger partial charge in [0, 0.05) is 5.56 Å². The Kier molecular flexibility index (Phi) is 3.50. The minimum absolute atomic E-state index is 0.0402. The number of nitrogens with zero attached hydrogens (tertiary/aromatic N) is 4. The number of halogens is 3. The average Bonchev–Trinajstić information content (AvgIpc) is 2.86. The van der Waals surface area contributed by atoms with Crippen molar-refractivity contribution in [1.82, 2.24) is 4.98 Å². The molecular formula is C14H7ClF2N5O. The third-order valence-electron chi connectivity index (χ3n) is 3.27. The van der Waals surface area contributed by atoms with Gasteiger partial charge in [0.05, 0.1) is 35.2 Å². The summed E-state index contributed by atoms with van der Waals surface area (Å²) in [6.07, 6.45) is 3.45. The fourth-order valence-corrected chi connectivity index (χ4v) is 2.73. The van der Waals surface area contributed by atoms with E-state index < -0.39 is 17.7 Å². The Balaban J connectivity index is 2.22. The highest BCUT2D eigenvalue weighted by molar-refractivity contribution is 6.33. The second-order valence-electron chi connectivity index (χ2n) is 4.65. The molecule has 0 unspecified atom stereocenters. The smallest absolute Gasteiger partial charge is 0.338 e. The lowest BCUT2D eigenvalue weighted by Gasteiger charge is -2.29. The Morgan fingerprint density at radius 2 is 2.17 bits per heavy atom. The molecule has 0 fully saturated rings. The number of urea groups is 1. The summed E-state index contributed by atoms with van der Waals surface area (Å²) in [5.41, 5.74) is 5.37. The molecule has 23 heavy (non-hydrogen) atoms. The van der Waals surface area contributed by atoms with Crippen molar-refractivity contribution < 1.29 is 13.6 Å². The van der Waals surface area contributed by atoms with E-state index in [1.54, 1.807) is 6.07 Å². The molecule has 3 rings (SSSR count). The number of carbonyl (C=O) groups is 1. The van der Waals surface area contributed by atoms with Gasteiger partial charge in [-0.25, -0.2) is 13.6 Å². The van der Waals surface area contributed by atoms with Crippen LogP contribution >= 0.6 is 11.6 Å². The van der Waals surface area contributed by atoms with Crippen molar-refractivity contribution in [2.45, 2.75) is 6.54 Å². The lowest BCUT2D eigenvalue weighted by atomic mass is 10.1. The van der Waals surface area contributed by atoms with Gasteiger partial charge in [-0.1, -0.05) is 11.6 Å². The van der Waals surface area contributed by atoms with Gasteiger partial charge in [-0.3, -0.25) is 9.99 Å². The molecule has 6 nitrogen and oxygen atoms in total. The second kappa shape index (κ2) is 5.37. The van der Waals surface area contributed by atoms with Crippen molar-refractivity contribution in [3.05, 3.63) is 52.3 Å². The maximum Gasteiger partial charge on any atom is 0.338 e. The molecule has 0 atom stereocenters. The average molecular weight is 335 g/mol. The molecule has 0 saturated carbocycles. The van der Waals surface area contributed by atoms with Crippen molar-refractivity contribution in [1.29, 1.82) is 5.26 Å². The maximum absolute atomic E-state index is 14.0. The van der Waals surface area contributed by atoms with Gasteiger partial charge in [0.15, 0.2) is 5.82 Å². The Labute approximate surface area is 134 Å². The second-order valence-corrected chi connectivity index (χ2v) is 5.06. The highest BCUT2D eigenvalue weighted by atomic mass is 35.5. The fourth-order valence-electron chi connectivity index (χ4n) is 2.43. The third kappa shape index (κ3) is 2.31. The fraction of sp³-hybridized carbons (Fsp3) is 0.0714. The number of anilines is 2. The van der Waals surface area contributed by atoms with Crippen LogP contribution in [0.2, 0.25) is 5.02 Å². The number of aromatic nitrogens is 1. The Hall–Kier alpha value is -2.92. The standard InChI is InChI=1S/C14H7ClF2N5O/c15-10-2-9(16)1-7(3-18)12(10)21-6-8-4-20-5-11(17)13(8)22(21)14(19)23/h1-2,5H,6H2,(H2,19,23). The minimum Gasteiger partial charge on any atom is -0.350 e. The number of nitrogens with two attached hydrogens (primary N) is 1. The van der Waals surface area contributed by atoms with Crippen molar-refractivity contribution >= 4 is 29.0 Å². The van der Waals surface area contributed by atoms with E-state index in [2.05, 4.69) is 11.2 Å². The normalized spacial score (nSPS) is 13.0. The summed E-state index contributed by atoms with van der Waals surface area (Å²) in [5, 5.41) is 11.1.